The van der Waals surface area contributed by atoms with Crippen LogP contribution in [0.4, 0.5) is 9.18 Å². The van der Waals surface area contributed by atoms with Gasteiger partial charge in [0.15, 0.2) is 0 Å². The number of rotatable bonds is 4. The second kappa shape index (κ2) is 6.02. The summed E-state index contributed by atoms with van der Waals surface area (Å²) >= 11 is 0. The summed E-state index contributed by atoms with van der Waals surface area (Å²) in [4.78, 5) is 14.1. The lowest BCUT2D eigenvalue weighted by molar-refractivity contribution is 0.193. The maximum Gasteiger partial charge on any atom is 0.317 e. The molecule has 0 aromatic heterocycles. The van der Waals surface area contributed by atoms with Crippen LogP contribution < -0.4 is 5.32 Å². The average molecular weight is 292 g/mol. The molecule has 2 amide bonds. The van der Waals surface area contributed by atoms with E-state index >= 15 is 0 Å². The van der Waals surface area contributed by atoms with E-state index in [1.54, 1.807) is 17.0 Å². The second-order valence-electron chi connectivity index (χ2n) is 6.10. The summed E-state index contributed by atoms with van der Waals surface area (Å²) in [5.74, 6) is 0.390. The van der Waals surface area contributed by atoms with Gasteiger partial charge in [-0.1, -0.05) is 12.1 Å². The molecule has 0 spiro atoms. The Morgan fingerprint density at radius 1 is 1.33 bits per heavy atom. The Hall–Kier alpha value is -1.62. The lowest BCUT2D eigenvalue weighted by atomic mass is 10.0. The Morgan fingerprint density at radius 2 is 2.05 bits per heavy atom. The van der Waals surface area contributed by atoms with Crippen LogP contribution in [0, 0.1) is 17.7 Å². The molecule has 1 saturated heterocycles. The second-order valence-corrected chi connectivity index (χ2v) is 6.10. The number of benzene rings is 1. The normalized spacial score (nSPS) is 23.1. The highest BCUT2D eigenvalue weighted by atomic mass is 19.1. The van der Waals surface area contributed by atoms with Crippen molar-refractivity contribution < 1.29 is 14.3 Å². The van der Waals surface area contributed by atoms with Crippen molar-refractivity contribution in [1.29, 1.82) is 0 Å². The van der Waals surface area contributed by atoms with E-state index < -0.39 is 0 Å². The Kier molecular flexibility index (Phi) is 4.10. The molecular weight excluding hydrogens is 271 g/mol. The number of amides is 2. The molecule has 2 atom stereocenters. The van der Waals surface area contributed by atoms with Crippen LogP contribution in [0.15, 0.2) is 24.3 Å². The quantitative estimate of drug-likeness (QED) is 0.894. The molecule has 2 aliphatic rings. The molecule has 0 bridgehead atoms. The number of likely N-dealkylation sites (tertiary alicyclic amines) is 1. The van der Waals surface area contributed by atoms with Crippen LogP contribution in [0.2, 0.25) is 0 Å². The summed E-state index contributed by atoms with van der Waals surface area (Å²) in [6.07, 6.45) is 3.05. The number of nitrogens with one attached hydrogen (secondary N) is 1. The molecular formula is C16H21FN2O2. The zero-order valence-corrected chi connectivity index (χ0v) is 12.0. The summed E-state index contributed by atoms with van der Waals surface area (Å²) in [5, 5.41) is 12.2. The molecule has 2 fully saturated rings. The highest BCUT2D eigenvalue weighted by Gasteiger charge is 2.35. The fourth-order valence-corrected chi connectivity index (χ4v) is 2.96. The van der Waals surface area contributed by atoms with Gasteiger partial charge in [-0.05, 0) is 42.9 Å². The van der Waals surface area contributed by atoms with E-state index in [1.807, 2.05) is 0 Å². The van der Waals surface area contributed by atoms with Gasteiger partial charge in [0, 0.05) is 25.6 Å². The number of urea groups is 1. The summed E-state index contributed by atoms with van der Waals surface area (Å²) in [7, 11) is 0. The third kappa shape index (κ3) is 3.35. The van der Waals surface area contributed by atoms with Crippen molar-refractivity contribution in [2.75, 3.05) is 19.7 Å². The minimum Gasteiger partial charge on any atom is -0.396 e. The van der Waals surface area contributed by atoms with E-state index in [9.17, 15) is 9.18 Å². The van der Waals surface area contributed by atoms with Crippen molar-refractivity contribution in [3.8, 4) is 0 Å². The number of aliphatic hydroxyl groups excluding tert-OH is 1. The number of carbonyl (C=O) groups excluding carboxylic acids is 1. The molecule has 114 valence electrons. The van der Waals surface area contributed by atoms with Crippen LogP contribution in [0.5, 0.6) is 0 Å². The van der Waals surface area contributed by atoms with Gasteiger partial charge >= 0.3 is 6.03 Å². The van der Waals surface area contributed by atoms with Gasteiger partial charge in [0.1, 0.15) is 5.82 Å². The summed E-state index contributed by atoms with van der Waals surface area (Å²) in [6.45, 7) is 1.44. The van der Waals surface area contributed by atoms with Gasteiger partial charge < -0.3 is 15.3 Å². The highest BCUT2D eigenvalue weighted by Crippen LogP contribution is 2.41. The van der Waals surface area contributed by atoms with Crippen molar-refractivity contribution in [3.63, 3.8) is 0 Å². The first-order chi connectivity index (χ1) is 10.2. The largest absolute Gasteiger partial charge is 0.396 e. The number of hydrogen-bond donors (Lipinski definition) is 2. The van der Waals surface area contributed by atoms with Crippen LogP contribution >= 0.6 is 0 Å². The van der Waals surface area contributed by atoms with E-state index in [0.29, 0.717) is 19.0 Å². The van der Waals surface area contributed by atoms with Crippen LogP contribution in [0.25, 0.3) is 0 Å². The molecule has 1 saturated carbocycles. The maximum atomic E-state index is 13.0. The summed E-state index contributed by atoms with van der Waals surface area (Å²) in [5.41, 5.74) is 0.963. The molecule has 2 unspecified atom stereocenters. The number of hydrogen-bond acceptors (Lipinski definition) is 2. The molecule has 5 heteroatoms. The number of carbonyl (C=O) groups is 1. The highest BCUT2D eigenvalue weighted by molar-refractivity contribution is 5.75. The predicted molar refractivity (Wildman–Crippen MR) is 77.2 cm³/mol. The molecule has 1 aromatic rings. The summed E-state index contributed by atoms with van der Waals surface area (Å²) < 4.78 is 13.0. The lowest BCUT2D eigenvalue weighted by Crippen LogP contribution is -2.41. The molecule has 1 aliphatic carbocycles. The molecule has 21 heavy (non-hydrogen) atoms. The van der Waals surface area contributed by atoms with Gasteiger partial charge in [-0.2, -0.15) is 0 Å². The van der Waals surface area contributed by atoms with E-state index in [-0.39, 0.29) is 30.4 Å². The van der Waals surface area contributed by atoms with Gasteiger partial charge in [-0.15, -0.1) is 0 Å². The minimum atomic E-state index is -0.259. The Labute approximate surface area is 124 Å². The SMILES string of the molecule is O=C(NC(c1ccc(F)cc1)C1CC1)N1CCC(CO)C1. The van der Waals surface area contributed by atoms with Crippen LogP contribution in [0.1, 0.15) is 30.9 Å². The van der Waals surface area contributed by atoms with Gasteiger partial charge in [0.05, 0.1) is 6.04 Å². The standard InChI is InChI=1S/C16H21FN2O2/c17-14-5-3-13(4-6-14)15(12-1-2-12)18-16(21)19-8-7-11(9-19)10-20/h3-6,11-12,15,20H,1-2,7-10H2,(H,18,21). The minimum absolute atomic E-state index is 0.0359. The first-order valence-corrected chi connectivity index (χ1v) is 7.59. The van der Waals surface area contributed by atoms with E-state index in [0.717, 1.165) is 24.8 Å². The van der Waals surface area contributed by atoms with Crippen molar-refractivity contribution >= 4 is 6.03 Å². The molecule has 4 nitrogen and oxygen atoms in total. The number of nitrogens with zero attached hydrogens (tertiary/aromatic N) is 1. The van der Waals surface area contributed by atoms with Crippen LogP contribution in [-0.2, 0) is 0 Å². The lowest BCUT2D eigenvalue weighted by Gasteiger charge is -2.23. The zero-order chi connectivity index (χ0) is 14.8. The van der Waals surface area contributed by atoms with Gasteiger partial charge in [-0.3, -0.25) is 0 Å². The fourth-order valence-electron chi connectivity index (χ4n) is 2.96. The van der Waals surface area contributed by atoms with Crippen LogP contribution in [-0.4, -0.2) is 35.7 Å². The fraction of sp³-hybridized carbons (Fsp3) is 0.562. The first kappa shape index (κ1) is 14.3. The third-order valence-electron chi connectivity index (χ3n) is 4.43. The predicted octanol–water partition coefficient (Wildman–Crippen LogP) is 2.30. The maximum absolute atomic E-state index is 13.0. The molecule has 2 N–H and O–H groups in total. The summed E-state index contributed by atoms with van der Waals surface area (Å²) in [6, 6.07) is 6.26. The van der Waals surface area contributed by atoms with Crippen molar-refractivity contribution in [2.45, 2.75) is 25.3 Å². The smallest absolute Gasteiger partial charge is 0.317 e. The molecule has 3 rings (SSSR count). The molecule has 1 aromatic carbocycles. The molecule has 0 radical (unpaired) electrons. The number of aliphatic hydroxyl groups is 1. The Bertz CT molecular complexity index is 502. The zero-order valence-electron chi connectivity index (χ0n) is 12.0. The molecule has 1 aliphatic heterocycles. The van der Waals surface area contributed by atoms with Crippen molar-refractivity contribution in [1.82, 2.24) is 10.2 Å². The van der Waals surface area contributed by atoms with Crippen molar-refractivity contribution in [2.24, 2.45) is 11.8 Å². The van der Waals surface area contributed by atoms with E-state index in [1.165, 1.54) is 12.1 Å². The average Bonchev–Trinajstić information content (AvgIpc) is 3.22. The van der Waals surface area contributed by atoms with Gasteiger partial charge in [0.25, 0.3) is 0 Å². The Morgan fingerprint density at radius 3 is 2.62 bits per heavy atom. The topological polar surface area (TPSA) is 52.6 Å². The van der Waals surface area contributed by atoms with E-state index in [4.69, 9.17) is 5.11 Å². The molecule has 1 heterocycles. The monoisotopic (exact) mass is 292 g/mol. The van der Waals surface area contributed by atoms with Gasteiger partial charge in [0.2, 0.25) is 0 Å². The third-order valence-corrected chi connectivity index (χ3v) is 4.43. The first-order valence-electron chi connectivity index (χ1n) is 7.59. The van der Waals surface area contributed by atoms with E-state index in [2.05, 4.69) is 5.32 Å². The van der Waals surface area contributed by atoms with Crippen molar-refractivity contribution in [3.05, 3.63) is 35.6 Å². The van der Waals surface area contributed by atoms with Gasteiger partial charge in [-0.25, -0.2) is 9.18 Å². The number of halogens is 1. The van der Waals surface area contributed by atoms with Crippen LogP contribution in [0.3, 0.4) is 0 Å². The Balaban J connectivity index is 1.65.